The van der Waals surface area contributed by atoms with Gasteiger partial charge in [0.1, 0.15) is 11.8 Å². The van der Waals surface area contributed by atoms with Gasteiger partial charge in [-0.05, 0) is 24.0 Å². The van der Waals surface area contributed by atoms with Crippen molar-refractivity contribution in [2.45, 2.75) is 46.0 Å². The summed E-state index contributed by atoms with van der Waals surface area (Å²) in [6, 6.07) is 7.59. The maximum absolute atomic E-state index is 11.3. The Labute approximate surface area is 127 Å². The van der Waals surface area contributed by atoms with Gasteiger partial charge < -0.3 is 4.74 Å². The van der Waals surface area contributed by atoms with E-state index in [-0.39, 0.29) is 0 Å². The van der Waals surface area contributed by atoms with Crippen LogP contribution in [0.4, 0.5) is 0 Å². The Morgan fingerprint density at radius 3 is 2.81 bits per heavy atom. The smallest absolute Gasteiger partial charge is 0.335 e. The van der Waals surface area contributed by atoms with Gasteiger partial charge >= 0.3 is 5.97 Å². The van der Waals surface area contributed by atoms with Gasteiger partial charge in [-0.1, -0.05) is 58.2 Å². The molecule has 112 valence electrons. The van der Waals surface area contributed by atoms with Gasteiger partial charge in [-0.25, -0.2) is 4.79 Å². The third-order valence-electron chi connectivity index (χ3n) is 3.65. The number of nitrogens with zero attached hydrogens (tertiary/aromatic N) is 1. The van der Waals surface area contributed by atoms with Gasteiger partial charge in [0.2, 0.25) is 0 Å². The molecule has 1 rings (SSSR count). The summed E-state index contributed by atoms with van der Waals surface area (Å²) in [5.41, 5.74) is 1.41. The number of carbonyl (C=O) groups is 1. The molecule has 3 heteroatoms. The molecule has 0 N–H and O–H groups in total. The van der Waals surface area contributed by atoms with E-state index in [1.807, 2.05) is 12.1 Å². The minimum atomic E-state index is -0.540. The average Bonchev–Trinajstić information content (AvgIpc) is 2.51. The van der Waals surface area contributed by atoms with Gasteiger partial charge in [0.05, 0.1) is 5.56 Å². The van der Waals surface area contributed by atoms with Crippen molar-refractivity contribution in [2.24, 2.45) is 5.92 Å². The highest BCUT2D eigenvalue weighted by molar-refractivity contribution is 5.83. The molecule has 0 aliphatic rings. The lowest BCUT2D eigenvalue weighted by Gasteiger charge is -2.16. The van der Waals surface area contributed by atoms with Gasteiger partial charge in [-0.3, -0.25) is 0 Å². The average molecular weight is 285 g/mol. The largest absolute Gasteiger partial charge is 0.422 e. The first-order valence-electron chi connectivity index (χ1n) is 7.52. The molecule has 0 saturated carbocycles. The molecule has 0 aromatic heterocycles. The Balaban J connectivity index is 2.96. The summed E-state index contributed by atoms with van der Waals surface area (Å²) < 4.78 is 5.14. The fourth-order valence-corrected chi connectivity index (χ4v) is 2.36. The van der Waals surface area contributed by atoms with Crippen LogP contribution >= 0.6 is 0 Å². The molecule has 1 aromatic rings. The van der Waals surface area contributed by atoms with E-state index in [2.05, 4.69) is 26.5 Å². The van der Waals surface area contributed by atoms with Crippen LogP contribution in [0.15, 0.2) is 30.9 Å². The second kappa shape index (κ2) is 8.97. The summed E-state index contributed by atoms with van der Waals surface area (Å²) in [5.74, 6) is 0.342. The minimum absolute atomic E-state index is 0.324. The van der Waals surface area contributed by atoms with E-state index in [1.54, 1.807) is 6.07 Å². The molecule has 0 aliphatic heterocycles. The summed E-state index contributed by atoms with van der Waals surface area (Å²) in [7, 11) is 0. The third kappa shape index (κ3) is 5.07. The molecule has 0 heterocycles. The van der Waals surface area contributed by atoms with E-state index in [9.17, 15) is 10.1 Å². The topological polar surface area (TPSA) is 50.1 Å². The van der Waals surface area contributed by atoms with Gasteiger partial charge in [-0.2, -0.15) is 5.26 Å². The summed E-state index contributed by atoms with van der Waals surface area (Å²) in [5, 5.41) is 9.38. The quantitative estimate of drug-likeness (QED) is 0.404. The maximum atomic E-state index is 11.3. The van der Waals surface area contributed by atoms with Crippen LogP contribution in [0.1, 0.15) is 50.7 Å². The number of hydrogen-bond donors (Lipinski definition) is 0. The monoisotopic (exact) mass is 285 g/mol. The lowest BCUT2D eigenvalue weighted by molar-refractivity contribution is -0.128. The molecule has 0 fully saturated rings. The Kier molecular flexibility index (Phi) is 7.25. The highest BCUT2D eigenvalue weighted by atomic mass is 16.5. The van der Waals surface area contributed by atoms with Crippen molar-refractivity contribution >= 4 is 5.97 Å². The number of ether oxygens (including phenoxy) is 1. The summed E-state index contributed by atoms with van der Waals surface area (Å²) >= 11 is 0. The van der Waals surface area contributed by atoms with Crippen LogP contribution in [0.5, 0.6) is 5.75 Å². The van der Waals surface area contributed by atoms with Crippen LogP contribution < -0.4 is 4.74 Å². The molecule has 1 aromatic carbocycles. The molecule has 21 heavy (non-hydrogen) atoms. The predicted molar refractivity (Wildman–Crippen MR) is 84.0 cm³/mol. The van der Waals surface area contributed by atoms with E-state index in [4.69, 9.17) is 4.74 Å². The van der Waals surface area contributed by atoms with Crippen LogP contribution in [0.2, 0.25) is 0 Å². The second-order valence-electron chi connectivity index (χ2n) is 5.15. The first-order chi connectivity index (χ1) is 10.2. The number of hydrogen-bond acceptors (Lipinski definition) is 3. The maximum Gasteiger partial charge on any atom is 0.335 e. The Bertz CT molecular complexity index is 529. The van der Waals surface area contributed by atoms with Gasteiger partial charge in [0, 0.05) is 6.08 Å². The van der Waals surface area contributed by atoms with E-state index >= 15 is 0 Å². The Hall–Kier alpha value is -2.08. The van der Waals surface area contributed by atoms with Crippen LogP contribution in [-0.2, 0) is 11.2 Å². The SMILES string of the molecule is C=CC(=O)Oc1cccc(CC(CC)CCCC)c1C#N. The Morgan fingerprint density at radius 2 is 2.24 bits per heavy atom. The number of unbranched alkanes of at least 4 members (excludes halogenated alkanes) is 1. The van der Waals surface area contributed by atoms with Crippen molar-refractivity contribution in [2.75, 3.05) is 0 Å². The highest BCUT2D eigenvalue weighted by Crippen LogP contribution is 2.26. The van der Waals surface area contributed by atoms with Crippen LogP contribution in [0.3, 0.4) is 0 Å². The molecule has 1 atom stereocenters. The second-order valence-corrected chi connectivity index (χ2v) is 5.15. The minimum Gasteiger partial charge on any atom is -0.422 e. The lowest BCUT2D eigenvalue weighted by Crippen LogP contribution is -2.08. The number of benzene rings is 1. The highest BCUT2D eigenvalue weighted by Gasteiger charge is 2.15. The summed E-state index contributed by atoms with van der Waals surface area (Å²) in [4.78, 5) is 11.3. The Morgan fingerprint density at radius 1 is 1.48 bits per heavy atom. The molecule has 0 bridgehead atoms. The van der Waals surface area contributed by atoms with E-state index < -0.39 is 5.97 Å². The van der Waals surface area contributed by atoms with Crippen molar-refractivity contribution < 1.29 is 9.53 Å². The molecule has 3 nitrogen and oxygen atoms in total. The third-order valence-corrected chi connectivity index (χ3v) is 3.65. The molecule has 0 saturated heterocycles. The van der Waals surface area contributed by atoms with Crippen LogP contribution in [-0.4, -0.2) is 5.97 Å². The van der Waals surface area contributed by atoms with Crippen molar-refractivity contribution in [3.05, 3.63) is 42.0 Å². The van der Waals surface area contributed by atoms with Crippen LogP contribution in [0.25, 0.3) is 0 Å². The number of nitriles is 1. The van der Waals surface area contributed by atoms with Crippen molar-refractivity contribution in [1.82, 2.24) is 0 Å². The van der Waals surface area contributed by atoms with E-state index in [1.165, 1.54) is 12.8 Å². The fraction of sp³-hybridized carbons (Fsp3) is 0.444. The number of rotatable bonds is 8. The van der Waals surface area contributed by atoms with E-state index in [0.717, 1.165) is 30.9 Å². The predicted octanol–water partition coefficient (Wildman–Crippen LogP) is 4.41. The summed E-state index contributed by atoms with van der Waals surface area (Å²) in [6.45, 7) is 7.73. The molecule has 0 radical (unpaired) electrons. The molecule has 0 spiro atoms. The van der Waals surface area contributed by atoms with Gasteiger partial charge in [0.25, 0.3) is 0 Å². The van der Waals surface area contributed by atoms with Crippen molar-refractivity contribution in [1.29, 1.82) is 5.26 Å². The van der Waals surface area contributed by atoms with Crippen LogP contribution in [0, 0.1) is 17.2 Å². The summed E-state index contributed by atoms with van der Waals surface area (Å²) in [6.07, 6.45) is 6.57. The lowest BCUT2D eigenvalue weighted by atomic mass is 9.90. The molecule has 0 amide bonds. The fourth-order valence-electron chi connectivity index (χ4n) is 2.36. The van der Waals surface area contributed by atoms with E-state index in [0.29, 0.717) is 17.2 Å². The zero-order valence-electron chi connectivity index (χ0n) is 12.9. The van der Waals surface area contributed by atoms with Crippen molar-refractivity contribution in [3.63, 3.8) is 0 Å². The first-order valence-corrected chi connectivity index (χ1v) is 7.52. The van der Waals surface area contributed by atoms with Gasteiger partial charge in [-0.15, -0.1) is 0 Å². The number of esters is 1. The molecular weight excluding hydrogens is 262 g/mol. The van der Waals surface area contributed by atoms with Crippen molar-refractivity contribution in [3.8, 4) is 11.8 Å². The molecule has 0 aliphatic carbocycles. The normalized spacial score (nSPS) is 11.5. The van der Waals surface area contributed by atoms with Gasteiger partial charge in [0.15, 0.2) is 0 Å². The molecular formula is C18H23NO2. The number of carbonyl (C=O) groups excluding carboxylic acids is 1. The standard InChI is InChI=1S/C18H23NO2/c1-4-7-9-14(5-2)12-15-10-8-11-17(16(15)13-19)21-18(20)6-3/h6,8,10-11,14H,3-5,7,9,12H2,1-2H3. The zero-order valence-corrected chi connectivity index (χ0v) is 12.9. The first kappa shape index (κ1) is 17.0. The zero-order chi connectivity index (χ0) is 15.7. The molecule has 1 unspecified atom stereocenters.